The van der Waals surface area contributed by atoms with Gasteiger partial charge in [-0.15, -0.1) is 0 Å². The molecule has 0 aliphatic carbocycles. The molecule has 4 heteroatoms. The van der Waals surface area contributed by atoms with Crippen LogP contribution >= 0.6 is 0 Å². The molecule has 158 valence electrons. The second-order valence-electron chi connectivity index (χ2n) is 7.48. The number of ether oxygens (including phenoxy) is 1. The minimum absolute atomic E-state index is 0.0164. The average molecular weight is 383 g/mol. The second-order valence-corrected chi connectivity index (χ2v) is 7.48. The first kappa shape index (κ1) is 25.7. The maximum atomic E-state index is 11.6. The molecule has 0 aromatic heterocycles. The first-order valence-electron chi connectivity index (χ1n) is 11.1. The summed E-state index contributed by atoms with van der Waals surface area (Å²) in [6.45, 7) is 4.54. The van der Waals surface area contributed by atoms with Gasteiger partial charge in [-0.3, -0.25) is 9.59 Å². The van der Waals surface area contributed by atoms with Gasteiger partial charge >= 0.3 is 11.9 Å². The predicted octanol–water partition coefficient (Wildman–Crippen LogP) is 6.68. The largest absolute Gasteiger partial charge is 0.481 e. The molecule has 0 aromatic rings. The molecule has 0 saturated carbocycles. The van der Waals surface area contributed by atoms with Gasteiger partial charge in [-0.25, -0.2) is 0 Å². The zero-order chi connectivity index (χ0) is 20.2. The number of rotatable bonds is 19. The summed E-state index contributed by atoms with van der Waals surface area (Å²) in [4.78, 5) is 22.8. The zero-order valence-corrected chi connectivity index (χ0v) is 17.7. The monoisotopic (exact) mass is 382 g/mol. The van der Waals surface area contributed by atoms with E-state index in [-0.39, 0.29) is 6.42 Å². The smallest absolute Gasteiger partial charge is 0.307 e. The third-order valence-electron chi connectivity index (χ3n) is 4.79. The van der Waals surface area contributed by atoms with Crippen LogP contribution in [0.4, 0.5) is 0 Å². The number of carboxylic acids is 1. The van der Waals surface area contributed by atoms with Gasteiger partial charge in [0, 0.05) is 0 Å². The van der Waals surface area contributed by atoms with Gasteiger partial charge in [0.25, 0.3) is 0 Å². The molecule has 1 unspecified atom stereocenters. The molecule has 1 atom stereocenters. The highest BCUT2D eigenvalue weighted by Gasteiger charge is 2.21. The minimum Gasteiger partial charge on any atom is -0.481 e. The first-order chi connectivity index (χ1) is 13.1. The fourth-order valence-electron chi connectivity index (χ4n) is 3.08. The third kappa shape index (κ3) is 17.8. The minimum atomic E-state index is -0.901. The van der Waals surface area contributed by atoms with Crippen molar-refractivity contribution < 1.29 is 19.4 Å². The van der Waals surface area contributed by atoms with Gasteiger partial charge in [0.2, 0.25) is 0 Å². The van der Waals surface area contributed by atoms with Crippen molar-refractivity contribution in [3.8, 4) is 0 Å². The van der Waals surface area contributed by atoms with Gasteiger partial charge in [0.1, 0.15) is 0 Å². The molecule has 0 heterocycles. The Kier molecular flexibility index (Phi) is 18.5. The number of carbonyl (C=O) groups is 2. The van der Waals surface area contributed by atoms with Crippen LogP contribution in [0.2, 0.25) is 0 Å². The average Bonchev–Trinajstić information content (AvgIpc) is 2.65. The number of esters is 1. The van der Waals surface area contributed by atoms with Gasteiger partial charge < -0.3 is 9.84 Å². The van der Waals surface area contributed by atoms with E-state index >= 15 is 0 Å². The summed E-state index contributed by atoms with van der Waals surface area (Å²) in [6.07, 6.45) is 20.5. The Labute approximate surface area is 166 Å². The number of unbranched alkanes of at least 4 members (excludes halogenated alkanes) is 10. The van der Waals surface area contributed by atoms with E-state index in [0.717, 1.165) is 25.7 Å². The molecular weight excluding hydrogens is 340 g/mol. The standard InChI is InChI=1S/C23H42O4/c1-3-5-6-7-8-9-10-11-12-13-14-15-16-17-18-21(23(25)26)20-22(24)27-19-4-2/h14-15,21H,3-13,16-20H2,1-2H3,(H,25,26)/b15-14+. The van der Waals surface area contributed by atoms with Crippen molar-refractivity contribution in [1.82, 2.24) is 0 Å². The summed E-state index contributed by atoms with van der Waals surface area (Å²) in [7, 11) is 0. The number of hydrogen-bond donors (Lipinski definition) is 1. The van der Waals surface area contributed by atoms with Crippen molar-refractivity contribution in [3.63, 3.8) is 0 Å². The van der Waals surface area contributed by atoms with E-state index in [4.69, 9.17) is 4.74 Å². The molecule has 0 radical (unpaired) electrons. The summed E-state index contributed by atoms with van der Waals surface area (Å²) >= 11 is 0. The molecular formula is C23H42O4. The lowest BCUT2D eigenvalue weighted by Gasteiger charge is -2.11. The highest BCUT2D eigenvalue weighted by Crippen LogP contribution is 2.15. The van der Waals surface area contributed by atoms with Crippen LogP contribution in [0.25, 0.3) is 0 Å². The molecule has 0 amide bonds. The molecule has 0 rings (SSSR count). The maximum Gasteiger partial charge on any atom is 0.307 e. The predicted molar refractivity (Wildman–Crippen MR) is 112 cm³/mol. The molecule has 0 bridgehead atoms. The Morgan fingerprint density at radius 1 is 0.815 bits per heavy atom. The van der Waals surface area contributed by atoms with Crippen LogP contribution in [0.15, 0.2) is 12.2 Å². The van der Waals surface area contributed by atoms with Crippen LogP contribution in [0, 0.1) is 5.92 Å². The number of carboxylic acid groups (broad SMARTS) is 1. The van der Waals surface area contributed by atoms with Crippen LogP contribution in [0.1, 0.15) is 110 Å². The van der Waals surface area contributed by atoms with Crippen LogP contribution in [0.3, 0.4) is 0 Å². The van der Waals surface area contributed by atoms with E-state index in [1.165, 1.54) is 57.8 Å². The fraction of sp³-hybridized carbons (Fsp3) is 0.826. The molecule has 1 N–H and O–H groups in total. The van der Waals surface area contributed by atoms with Gasteiger partial charge in [-0.2, -0.15) is 0 Å². The molecule has 27 heavy (non-hydrogen) atoms. The van der Waals surface area contributed by atoms with E-state index in [0.29, 0.717) is 13.0 Å². The van der Waals surface area contributed by atoms with Gasteiger partial charge in [-0.05, 0) is 38.5 Å². The van der Waals surface area contributed by atoms with E-state index in [2.05, 4.69) is 19.1 Å². The third-order valence-corrected chi connectivity index (χ3v) is 4.79. The highest BCUT2D eigenvalue weighted by molar-refractivity contribution is 5.78. The van der Waals surface area contributed by atoms with Gasteiger partial charge in [0.15, 0.2) is 0 Å². The van der Waals surface area contributed by atoms with Crippen LogP contribution in [-0.4, -0.2) is 23.7 Å². The van der Waals surface area contributed by atoms with Crippen molar-refractivity contribution in [2.24, 2.45) is 5.92 Å². The topological polar surface area (TPSA) is 63.6 Å². The van der Waals surface area contributed by atoms with Crippen LogP contribution < -0.4 is 0 Å². The molecule has 4 nitrogen and oxygen atoms in total. The van der Waals surface area contributed by atoms with Crippen molar-refractivity contribution >= 4 is 11.9 Å². The number of allylic oxidation sites excluding steroid dienone is 2. The van der Waals surface area contributed by atoms with Gasteiger partial charge in [-0.1, -0.05) is 77.4 Å². The molecule has 0 fully saturated rings. The highest BCUT2D eigenvalue weighted by atomic mass is 16.5. The Morgan fingerprint density at radius 3 is 1.93 bits per heavy atom. The number of aliphatic carboxylic acids is 1. The lowest BCUT2D eigenvalue weighted by atomic mass is 9.98. The summed E-state index contributed by atoms with van der Waals surface area (Å²) < 4.78 is 4.98. The molecule has 0 aliphatic rings. The van der Waals surface area contributed by atoms with Crippen molar-refractivity contribution in [2.45, 2.75) is 110 Å². The van der Waals surface area contributed by atoms with Gasteiger partial charge in [0.05, 0.1) is 18.9 Å². The van der Waals surface area contributed by atoms with E-state index in [9.17, 15) is 14.7 Å². The summed E-state index contributed by atoms with van der Waals surface area (Å²) in [6, 6.07) is 0. The molecule has 0 aliphatic heterocycles. The Morgan fingerprint density at radius 2 is 1.37 bits per heavy atom. The van der Waals surface area contributed by atoms with Crippen LogP contribution in [-0.2, 0) is 14.3 Å². The zero-order valence-electron chi connectivity index (χ0n) is 17.7. The second kappa shape index (κ2) is 19.4. The van der Waals surface area contributed by atoms with Crippen molar-refractivity contribution in [3.05, 3.63) is 12.2 Å². The van der Waals surface area contributed by atoms with Crippen molar-refractivity contribution in [2.75, 3.05) is 6.61 Å². The molecule has 0 spiro atoms. The Hall–Kier alpha value is -1.32. The molecule has 0 aromatic carbocycles. The SMILES string of the molecule is CCCCCCCCCCC/C=C/CCCC(CC(=O)OCCC)C(=O)O. The Bertz CT molecular complexity index is 390. The van der Waals surface area contributed by atoms with E-state index in [1.807, 2.05) is 6.92 Å². The van der Waals surface area contributed by atoms with Crippen LogP contribution in [0.5, 0.6) is 0 Å². The molecule has 0 saturated heterocycles. The van der Waals surface area contributed by atoms with Crippen molar-refractivity contribution in [1.29, 1.82) is 0 Å². The van der Waals surface area contributed by atoms with E-state index in [1.54, 1.807) is 0 Å². The number of carbonyl (C=O) groups excluding carboxylic acids is 1. The number of hydrogen-bond acceptors (Lipinski definition) is 3. The maximum absolute atomic E-state index is 11.6. The van der Waals surface area contributed by atoms with E-state index < -0.39 is 17.9 Å². The quantitative estimate of drug-likeness (QED) is 0.154. The lowest BCUT2D eigenvalue weighted by Crippen LogP contribution is -2.19. The summed E-state index contributed by atoms with van der Waals surface area (Å²) in [5.41, 5.74) is 0. The summed E-state index contributed by atoms with van der Waals surface area (Å²) in [5, 5.41) is 9.23. The first-order valence-corrected chi connectivity index (χ1v) is 11.1. The summed E-state index contributed by atoms with van der Waals surface area (Å²) in [5.74, 6) is -1.92. The Balaban J connectivity index is 3.60. The lowest BCUT2D eigenvalue weighted by molar-refractivity contribution is -0.151. The normalized spacial score (nSPS) is 12.4. The fourth-order valence-corrected chi connectivity index (χ4v) is 3.08.